The highest BCUT2D eigenvalue weighted by molar-refractivity contribution is 5.45. The molecule has 0 aliphatic carbocycles. The van der Waals surface area contributed by atoms with Crippen LogP contribution in [0.5, 0.6) is 0 Å². The summed E-state index contributed by atoms with van der Waals surface area (Å²) < 4.78 is 0. The van der Waals surface area contributed by atoms with E-state index in [2.05, 4.69) is 5.32 Å². The van der Waals surface area contributed by atoms with Crippen LogP contribution in [0.25, 0.3) is 0 Å². The summed E-state index contributed by atoms with van der Waals surface area (Å²) in [6.07, 6.45) is -3.77. The second-order valence-electron chi connectivity index (χ2n) is 2.33. The fraction of sp³-hybridized carbons (Fsp3) is 0.833. The molecule has 72 valence electrons. The molecular weight excluding hydrogens is 166 g/mol. The number of aliphatic hydroxyl groups is 4. The summed E-state index contributed by atoms with van der Waals surface area (Å²) in [5.41, 5.74) is 0. The molecule has 0 rings (SSSR count). The van der Waals surface area contributed by atoms with Crippen LogP contribution < -0.4 is 5.32 Å². The average molecular weight is 179 g/mol. The Morgan fingerprint density at radius 3 is 2.25 bits per heavy atom. The molecule has 0 aromatic rings. The van der Waals surface area contributed by atoms with E-state index in [4.69, 9.17) is 20.4 Å². The smallest absolute Gasteiger partial charge is 0.207 e. The van der Waals surface area contributed by atoms with E-state index in [1.54, 1.807) is 0 Å². The second-order valence-corrected chi connectivity index (χ2v) is 2.33. The van der Waals surface area contributed by atoms with Gasteiger partial charge in [0.1, 0.15) is 12.2 Å². The molecule has 0 aromatic carbocycles. The van der Waals surface area contributed by atoms with E-state index in [0.29, 0.717) is 6.41 Å². The quantitative estimate of drug-likeness (QED) is 0.276. The van der Waals surface area contributed by atoms with Crippen LogP contribution in [0.15, 0.2) is 0 Å². The van der Waals surface area contributed by atoms with Crippen LogP contribution in [0, 0.1) is 0 Å². The molecule has 0 saturated heterocycles. The van der Waals surface area contributed by atoms with Crippen molar-refractivity contribution >= 4 is 6.41 Å². The first-order chi connectivity index (χ1) is 5.63. The maximum atomic E-state index is 9.76. The molecule has 0 heterocycles. The Balaban J connectivity index is 3.74. The van der Waals surface area contributed by atoms with Gasteiger partial charge in [-0.25, -0.2) is 0 Å². The largest absolute Gasteiger partial charge is 0.394 e. The number of carbonyl (C=O) groups is 1. The SMILES string of the molecule is O=CNCC(O)C(O)C(O)CO. The maximum absolute atomic E-state index is 9.76. The zero-order valence-electron chi connectivity index (χ0n) is 6.42. The van der Waals surface area contributed by atoms with Crippen molar-refractivity contribution in [1.29, 1.82) is 0 Å². The van der Waals surface area contributed by atoms with E-state index >= 15 is 0 Å². The number of nitrogens with one attached hydrogen (secondary N) is 1. The standard InChI is InChI=1S/C6H13NO5/c8-2-5(11)6(12)4(10)1-7-3-9/h3-6,8,10-12H,1-2H2,(H,7,9). The van der Waals surface area contributed by atoms with Gasteiger partial charge < -0.3 is 25.7 Å². The first-order valence-electron chi connectivity index (χ1n) is 3.45. The van der Waals surface area contributed by atoms with Crippen LogP contribution in [0.4, 0.5) is 0 Å². The molecule has 0 bridgehead atoms. The van der Waals surface area contributed by atoms with Crippen LogP contribution in [-0.4, -0.2) is 58.3 Å². The van der Waals surface area contributed by atoms with Crippen molar-refractivity contribution in [3.63, 3.8) is 0 Å². The fourth-order valence-corrected chi connectivity index (χ4v) is 0.654. The first-order valence-corrected chi connectivity index (χ1v) is 3.45. The van der Waals surface area contributed by atoms with Crippen LogP contribution in [0.2, 0.25) is 0 Å². The summed E-state index contributed by atoms with van der Waals surface area (Å²) in [6, 6.07) is 0. The lowest BCUT2D eigenvalue weighted by molar-refractivity contribution is -0.111. The van der Waals surface area contributed by atoms with Gasteiger partial charge in [0.15, 0.2) is 0 Å². The topological polar surface area (TPSA) is 110 Å². The van der Waals surface area contributed by atoms with Gasteiger partial charge in [0, 0.05) is 6.54 Å². The highest BCUT2D eigenvalue weighted by atomic mass is 16.4. The van der Waals surface area contributed by atoms with Gasteiger partial charge in [-0.1, -0.05) is 0 Å². The third kappa shape index (κ3) is 3.63. The minimum absolute atomic E-state index is 0.165. The summed E-state index contributed by atoms with van der Waals surface area (Å²) in [6.45, 7) is -0.805. The fourth-order valence-electron chi connectivity index (χ4n) is 0.654. The molecule has 6 nitrogen and oxygen atoms in total. The van der Waals surface area contributed by atoms with Gasteiger partial charge in [-0.05, 0) is 0 Å². The Kier molecular flexibility index (Phi) is 5.56. The lowest BCUT2D eigenvalue weighted by Crippen LogP contribution is -2.44. The molecule has 0 saturated carbocycles. The van der Waals surface area contributed by atoms with Gasteiger partial charge in [0.05, 0.1) is 12.7 Å². The van der Waals surface area contributed by atoms with Crippen LogP contribution >= 0.6 is 0 Å². The summed E-state index contributed by atoms with van der Waals surface area (Å²) in [5.74, 6) is 0. The Morgan fingerprint density at radius 2 is 1.83 bits per heavy atom. The highest BCUT2D eigenvalue weighted by Crippen LogP contribution is 1.98. The van der Waals surface area contributed by atoms with Gasteiger partial charge in [-0.3, -0.25) is 4.79 Å². The molecular formula is C6H13NO5. The molecule has 0 aliphatic heterocycles. The van der Waals surface area contributed by atoms with E-state index in [1.165, 1.54) is 0 Å². The van der Waals surface area contributed by atoms with E-state index in [0.717, 1.165) is 0 Å². The second kappa shape index (κ2) is 5.90. The number of amides is 1. The summed E-state index contributed by atoms with van der Waals surface area (Å²) in [4.78, 5) is 9.76. The minimum atomic E-state index is -1.46. The van der Waals surface area contributed by atoms with Crippen molar-refractivity contribution in [2.75, 3.05) is 13.2 Å². The number of hydrogen-bond donors (Lipinski definition) is 5. The van der Waals surface area contributed by atoms with Gasteiger partial charge >= 0.3 is 0 Å². The molecule has 0 spiro atoms. The highest BCUT2D eigenvalue weighted by Gasteiger charge is 2.23. The summed E-state index contributed by atoms with van der Waals surface area (Å²) in [7, 11) is 0. The Labute approximate surface area is 69.5 Å². The Hall–Kier alpha value is -0.690. The van der Waals surface area contributed by atoms with E-state index < -0.39 is 24.9 Å². The van der Waals surface area contributed by atoms with Gasteiger partial charge in [-0.15, -0.1) is 0 Å². The predicted octanol–water partition coefficient (Wildman–Crippen LogP) is -3.19. The molecule has 6 heteroatoms. The van der Waals surface area contributed by atoms with Crippen molar-refractivity contribution in [3.05, 3.63) is 0 Å². The van der Waals surface area contributed by atoms with Gasteiger partial charge in [0.2, 0.25) is 6.41 Å². The van der Waals surface area contributed by atoms with Crippen molar-refractivity contribution < 1.29 is 25.2 Å². The normalized spacial score (nSPS) is 18.0. The Bertz CT molecular complexity index is 131. The van der Waals surface area contributed by atoms with Crippen molar-refractivity contribution in [2.45, 2.75) is 18.3 Å². The lowest BCUT2D eigenvalue weighted by Gasteiger charge is -2.20. The molecule has 3 unspecified atom stereocenters. The number of hydrogen-bond acceptors (Lipinski definition) is 5. The molecule has 0 radical (unpaired) electrons. The first kappa shape index (κ1) is 11.3. The van der Waals surface area contributed by atoms with Gasteiger partial charge in [-0.2, -0.15) is 0 Å². The molecule has 5 N–H and O–H groups in total. The van der Waals surface area contributed by atoms with E-state index in [9.17, 15) is 4.79 Å². The monoisotopic (exact) mass is 179 g/mol. The number of rotatable bonds is 6. The minimum Gasteiger partial charge on any atom is -0.394 e. The predicted molar refractivity (Wildman–Crippen MR) is 39.2 cm³/mol. The lowest BCUT2D eigenvalue weighted by atomic mass is 10.1. The average Bonchev–Trinajstić information content (AvgIpc) is 2.11. The van der Waals surface area contributed by atoms with Gasteiger partial charge in [0.25, 0.3) is 0 Å². The molecule has 12 heavy (non-hydrogen) atoms. The molecule has 0 aliphatic rings. The van der Waals surface area contributed by atoms with Crippen molar-refractivity contribution in [3.8, 4) is 0 Å². The van der Waals surface area contributed by atoms with Crippen molar-refractivity contribution in [2.24, 2.45) is 0 Å². The third-order valence-corrected chi connectivity index (χ3v) is 1.39. The number of aliphatic hydroxyl groups excluding tert-OH is 4. The zero-order valence-corrected chi connectivity index (χ0v) is 6.42. The van der Waals surface area contributed by atoms with E-state index in [-0.39, 0.29) is 6.54 Å². The van der Waals surface area contributed by atoms with Crippen LogP contribution in [-0.2, 0) is 4.79 Å². The molecule has 3 atom stereocenters. The zero-order chi connectivity index (χ0) is 9.56. The van der Waals surface area contributed by atoms with Crippen LogP contribution in [0.3, 0.4) is 0 Å². The Morgan fingerprint density at radius 1 is 1.25 bits per heavy atom. The number of carbonyl (C=O) groups excluding carboxylic acids is 1. The molecule has 1 amide bonds. The molecule has 0 fully saturated rings. The molecule has 0 aromatic heterocycles. The summed E-state index contributed by atoms with van der Waals surface area (Å²) in [5, 5.41) is 37.3. The maximum Gasteiger partial charge on any atom is 0.207 e. The van der Waals surface area contributed by atoms with Crippen LogP contribution in [0.1, 0.15) is 0 Å². The van der Waals surface area contributed by atoms with Crippen molar-refractivity contribution in [1.82, 2.24) is 5.32 Å². The summed E-state index contributed by atoms with van der Waals surface area (Å²) >= 11 is 0. The third-order valence-electron chi connectivity index (χ3n) is 1.39. The van der Waals surface area contributed by atoms with E-state index in [1.807, 2.05) is 0 Å².